The van der Waals surface area contributed by atoms with Crippen LogP contribution in [-0.2, 0) is 24.7 Å². The lowest BCUT2D eigenvalue weighted by Crippen LogP contribution is -2.51. The molecule has 0 saturated heterocycles. The summed E-state index contributed by atoms with van der Waals surface area (Å²) in [6, 6.07) is 16.1. The molecule has 37 heavy (non-hydrogen) atoms. The molecule has 0 bridgehead atoms. The zero-order valence-electron chi connectivity index (χ0n) is 20.2. The largest absolute Gasteiger partial charge is 0.497 e. The fourth-order valence-corrected chi connectivity index (χ4v) is 6.12. The number of carbonyl (C=O) groups excluding carboxylic acids is 1. The third kappa shape index (κ3) is 5.68. The topological polar surface area (TPSA) is 119 Å². The number of hydrogen-bond donors (Lipinski definition) is 1. The molecule has 3 aromatic carbocycles. The van der Waals surface area contributed by atoms with Crippen LogP contribution < -0.4 is 19.1 Å². The second-order valence-electron chi connectivity index (χ2n) is 8.50. The zero-order valence-corrected chi connectivity index (χ0v) is 22.6. The molecule has 12 heteroatoms. The van der Waals surface area contributed by atoms with E-state index in [1.165, 1.54) is 55.6 Å². The number of carbonyl (C=O) groups is 1. The number of hydrogen-bond acceptors (Lipinski definition) is 7. The molecule has 0 saturated carbocycles. The highest BCUT2D eigenvalue weighted by atomic mass is 35.5. The highest BCUT2D eigenvalue weighted by Gasteiger charge is 2.38. The average molecular weight is 565 g/mol. The number of nitrogens with one attached hydrogen (secondary N) is 1. The molecule has 0 aliphatic carbocycles. The van der Waals surface area contributed by atoms with Crippen molar-refractivity contribution in [2.75, 3.05) is 24.2 Å². The van der Waals surface area contributed by atoms with Gasteiger partial charge in [-0.1, -0.05) is 23.7 Å². The molecule has 1 N–H and O–H groups in total. The van der Waals surface area contributed by atoms with Gasteiger partial charge in [-0.05, 0) is 67.1 Å². The predicted octanol–water partition coefficient (Wildman–Crippen LogP) is 3.59. The standard InChI is InChI=1S/C25H25ClN2O7S2/c1-16(17-4-9-20(10-5-17)36(3,30)31)27-25(29)24-15-28(22-14-18(26)6-13-23(22)35-24)37(32,33)21-11-7-19(34-2)8-12-21/h4-14,16,24H,15H2,1-3H3,(H,27,29). The lowest BCUT2D eigenvalue weighted by molar-refractivity contribution is -0.128. The Bertz CT molecular complexity index is 1520. The van der Waals surface area contributed by atoms with Gasteiger partial charge < -0.3 is 14.8 Å². The summed E-state index contributed by atoms with van der Waals surface area (Å²) in [6.45, 7) is 1.45. The fourth-order valence-electron chi connectivity index (χ4n) is 3.86. The highest BCUT2D eigenvalue weighted by Crippen LogP contribution is 2.39. The van der Waals surface area contributed by atoms with E-state index in [1.807, 2.05) is 0 Å². The summed E-state index contributed by atoms with van der Waals surface area (Å²) in [5.41, 5.74) is 0.892. The Morgan fingerprint density at radius 1 is 1.03 bits per heavy atom. The Hall–Kier alpha value is -3.28. The number of rotatable bonds is 7. The molecule has 1 aliphatic rings. The van der Waals surface area contributed by atoms with Crippen LogP contribution in [0.4, 0.5) is 5.69 Å². The Morgan fingerprint density at radius 3 is 2.24 bits per heavy atom. The number of nitrogens with zero attached hydrogens (tertiary/aromatic N) is 1. The second-order valence-corrected chi connectivity index (χ2v) is 12.8. The fraction of sp³-hybridized carbons (Fsp3) is 0.240. The first-order chi connectivity index (χ1) is 17.4. The molecule has 0 fully saturated rings. The van der Waals surface area contributed by atoms with Crippen molar-refractivity contribution in [1.29, 1.82) is 0 Å². The number of halogens is 1. The van der Waals surface area contributed by atoms with E-state index in [-0.39, 0.29) is 27.8 Å². The van der Waals surface area contributed by atoms with Crippen molar-refractivity contribution in [2.24, 2.45) is 0 Å². The van der Waals surface area contributed by atoms with Crippen molar-refractivity contribution in [3.05, 3.63) is 77.3 Å². The molecule has 196 valence electrons. The van der Waals surface area contributed by atoms with Crippen molar-refractivity contribution in [3.8, 4) is 11.5 Å². The minimum atomic E-state index is -4.08. The molecule has 1 aliphatic heterocycles. The molecular formula is C25H25ClN2O7S2. The van der Waals surface area contributed by atoms with Gasteiger partial charge in [0.1, 0.15) is 11.5 Å². The van der Waals surface area contributed by atoms with Gasteiger partial charge in [0.05, 0.1) is 35.2 Å². The Morgan fingerprint density at radius 2 is 1.65 bits per heavy atom. The van der Waals surface area contributed by atoms with Gasteiger partial charge in [-0.25, -0.2) is 16.8 Å². The molecule has 2 unspecified atom stereocenters. The Balaban J connectivity index is 1.60. The quantitative estimate of drug-likeness (QED) is 0.466. The Kier molecular flexibility index (Phi) is 7.40. The van der Waals surface area contributed by atoms with Crippen LogP contribution in [0.5, 0.6) is 11.5 Å². The molecule has 1 amide bonds. The normalized spacial score (nSPS) is 16.3. The van der Waals surface area contributed by atoms with Crippen LogP contribution in [0.15, 0.2) is 76.5 Å². The van der Waals surface area contributed by atoms with E-state index in [4.69, 9.17) is 21.1 Å². The van der Waals surface area contributed by atoms with E-state index < -0.39 is 37.9 Å². The van der Waals surface area contributed by atoms with E-state index in [2.05, 4.69) is 5.32 Å². The van der Waals surface area contributed by atoms with Gasteiger partial charge in [0.15, 0.2) is 15.9 Å². The number of anilines is 1. The van der Waals surface area contributed by atoms with E-state index in [0.717, 1.165) is 10.6 Å². The van der Waals surface area contributed by atoms with Crippen LogP contribution in [0.25, 0.3) is 0 Å². The van der Waals surface area contributed by atoms with Crippen molar-refractivity contribution < 1.29 is 31.1 Å². The van der Waals surface area contributed by atoms with Crippen LogP contribution in [-0.4, -0.2) is 48.8 Å². The molecular weight excluding hydrogens is 540 g/mol. The number of benzene rings is 3. The smallest absolute Gasteiger partial charge is 0.264 e. The molecule has 0 radical (unpaired) electrons. The summed E-state index contributed by atoms with van der Waals surface area (Å²) in [7, 11) is -5.95. The SMILES string of the molecule is COc1ccc(S(=O)(=O)N2CC(C(=O)NC(C)c3ccc(S(C)(=O)=O)cc3)Oc3ccc(Cl)cc32)cc1. The van der Waals surface area contributed by atoms with Crippen LogP contribution >= 0.6 is 11.6 Å². The van der Waals surface area contributed by atoms with Crippen LogP contribution in [0, 0.1) is 0 Å². The monoisotopic (exact) mass is 564 g/mol. The van der Waals surface area contributed by atoms with E-state index in [0.29, 0.717) is 16.3 Å². The highest BCUT2D eigenvalue weighted by molar-refractivity contribution is 7.92. The third-order valence-electron chi connectivity index (χ3n) is 5.90. The first kappa shape index (κ1) is 26.8. The van der Waals surface area contributed by atoms with Crippen molar-refractivity contribution in [3.63, 3.8) is 0 Å². The first-order valence-corrected chi connectivity index (χ1v) is 14.8. The predicted molar refractivity (Wildman–Crippen MR) is 140 cm³/mol. The number of methoxy groups -OCH3 is 1. The lowest BCUT2D eigenvalue weighted by atomic mass is 10.1. The van der Waals surface area contributed by atoms with Gasteiger partial charge in [-0.3, -0.25) is 9.10 Å². The molecule has 3 aromatic rings. The number of fused-ring (bicyclic) bond motifs is 1. The second kappa shape index (κ2) is 10.2. The van der Waals surface area contributed by atoms with Gasteiger partial charge in [-0.2, -0.15) is 0 Å². The van der Waals surface area contributed by atoms with Gasteiger partial charge in [0.25, 0.3) is 15.9 Å². The van der Waals surface area contributed by atoms with Gasteiger partial charge in [-0.15, -0.1) is 0 Å². The van der Waals surface area contributed by atoms with E-state index >= 15 is 0 Å². The van der Waals surface area contributed by atoms with Crippen molar-refractivity contribution in [1.82, 2.24) is 5.32 Å². The number of ether oxygens (including phenoxy) is 2. The van der Waals surface area contributed by atoms with Crippen molar-refractivity contribution >= 4 is 43.1 Å². The molecule has 1 heterocycles. The third-order valence-corrected chi connectivity index (χ3v) is 9.05. The maximum atomic E-state index is 13.6. The summed E-state index contributed by atoms with van der Waals surface area (Å²) in [4.78, 5) is 13.4. The van der Waals surface area contributed by atoms with Crippen molar-refractivity contribution in [2.45, 2.75) is 28.9 Å². The number of sulfone groups is 1. The summed E-state index contributed by atoms with van der Waals surface area (Å²) in [5.74, 6) is 0.161. The number of amides is 1. The minimum Gasteiger partial charge on any atom is -0.497 e. The molecule has 0 spiro atoms. The van der Waals surface area contributed by atoms with Gasteiger partial charge in [0.2, 0.25) is 0 Å². The maximum absolute atomic E-state index is 13.6. The average Bonchev–Trinajstić information content (AvgIpc) is 2.87. The molecule has 9 nitrogen and oxygen atoms in total. The van der Waals surface area contributed by atoms with Crippen LogP contribution in [0.1, 0.15) is 18.5 Å². The lowest BCUT2D eigenvalue weighted by Gasteiger charge is -2.35. The summed E-state index contributed by atoms with van der Waals surface area (Å²) >= 11 is 6.14. The number of sulfonamides is 1. The van der Waals surface area contributed by atoms with E-state index in [1.54, 1.807) is 25.1 Å². The van der Waals surface area contributed by atoms with Gasteiger partial charge in [0, 0.05) is 11.3 Å². The molecule has 4 rings (SSSR count). The Labute approximate surface area is 220 Å². The molecule has 0 aromatic heterocycles. The van der Waals surface area contributed by atoms with E-state index in [9.17, 15) is 21.6 Å². The van der Waals surface area contributed by atoms with Crippen LogP contribution in [0.3, 0.4) is 0 Å². The zero-order chi connectivity index (χ0) is 27.0. The summed E-state index contributed by atoms with van der Waals surface area (Å²) in [5, 5.41) is 3.13. The molecule has 2 atom stereocenters. The first-order valence-electron chi connectivity index (χ1n) is 11.1. The maximum Gasteiger partial charge on any atom is 0.264 e. The summed E-state index contributed by atoms with van der Waals surface area (Å²) in [6.07, 6.45) is -0.0378. The summed E-state index contributed by atoms with van der Waals surface area (Å²) < 4.78 is 62.7. The van der Waals surface area contributed by atoms with Gasteiger partial charge >= 0.3 is 0 Å². The van der Waals surface area contributed by atoms with Crippen LogP contribution in [0.2, 0.25) is 5.02 Å². The minimum absolute atomic E-state index is 0.0135.